The summed E-state index contributed by atoms with van der Waals surface area (Å²) < 4.78 is 41.6. The van der Waals surface area contributed by atoms with Gasteiger partial charge in [0.05, 0.1) is 5.56 Å². The van der Waals surface area contributed by atoms with Crippen molar-refractivity contribution < 1.29 is 27.8 Å². The van der Waals surface area contributed by atoms with Crippen LogP contribution in [0.4, 0.5) is 13.2 Å². The lowest BCUT2D eigenvalue weighted by atomic mass is 10.0. The van der Waals surface area contributed by atoms with Gasteiger partial charge < -0.3 is 9.84 Å². The Kier molecular flexibility index (Phi) is 2.18. The topological polar surface area (TPSA) is 46.5 Å². The third-order valence-electron chi connectivity index (χ3n) is 2.19. The maximum Gasteiger partial charge on any atom is 0.460 e. The number of benzene rings is 1. The summed E-state index contributed by atoms with van der Waals surface area (Å²) in [7, 11) is 0. The zero-order valence-corrected chi connectivity index (χ0v) is 8.26. The molecule has 1 aliphatic rings. The molecule has 1 aliphatic heterocycles. The molecule has 1 N–H and O–H groups in total. The van der Waals surface area contributed by atoms with Crippen molar-refractivity contribution in [2.75, 3.05) is 0 Å². The van der Waals surface area contributed by atoms with E-state index in [4.69, 9.17) is 11.6 Å². The molecule has 0 bridgehead atoms. The van der Waals surface area contributed by atoms with E-state index in [9.17, 15) is 23.1 Å². The van der Waals surface area contributed by atoms with E-state index in [0.717, 1.165) is 12.1 Å². The summed E-state index contributed by atoms with van der Waals surface area (Å²) in [6, 6.07) is 3.17. The Morgan fingerprint density at radius 1 is 1.38 bits per heavy atom. The molecule has 7 heteroatoms. The maximum atomic E-state index is 12.6. The summed E-state index contributed by atoms with van der Waals surface area (Å²) in [6.07, 6.45) is -5.11. The average molecular weight is 253 g/mol. The Balaban J connectivity index is 2.66. The van der Waals surface area contributed by atoms with Crippen molar-refractivity contribution >= 4 is 17.6 Å². The number of fused-ring (bicyclic) bond motifs is 1. The normalized spacial score (nSPS) is 24.2. The number of hydrogen-bond acceptors (Lipinski definition) is 3. The van der Waals surface area contributed by atoms with Gasteiger partial charge in [-0.3, -0.25) is 0 Å². The first kappa shape index (κ1) is 11.2. The molecular weight excluding hydrogens is 249 g/mol. The van der Waals surface area contributed by atoms with Crippen LogP contribution < -0.4 is 0 Å². The fourth-order valence-corrected chi connectivity index (χ4v) is 1.60. The zero-order chi connectivity index (χ0) is 12.1. The van der Waals surface area contributed by atoms with Gasteiger partial charge >= 0.3 is 17.9 Å². The van der Waals surface area contributed by atoms with E-state index in [-0.39, 0.29) is 10.6 Å². The first-order chi connectivity index (χ1) is 7.25. The lowest BCUT2D eigenvalue weighted by Crippen LogP contribution is -2.42. The number of esters is 1. The number of carbonyl (C=O) groups is 1. The second-order valence-electron chi connectivity index (χ2n) is 3.22. The largest absolute Gasteiger partial charge is 0.460 e. The van der Waals surface area contributed by atoms with Gasteiger partial charge in [-0.15, -0.1) is 0 Å². The van der Waals surface area contributed by atoms with Gasteiger partial charge in [0, 0.05) is 10.6 Å². The zero-order valence-electron chi connectivity index (χ0n) is 7.51. The van der Waals surface area contributed by atoms with Gasteiger partial charge in [-0.1, -0.05) is 11.6 Å². The van der Waals surface area contributed by atoms with Gasteiger partial charge in [0.15, 0.2) is 0 Å². The summed E-state index contributed by atoms with van der Waals surface area (Å²) in [5, 5.41) is 9.32. The van der Waals surface area contributed by atoms with Gasteiger partial charge in [0.25, 0.3) is 0 Å². The molecule has 0 saturated heterocycles. The lowest BCUT2D eigenvalue weighted by Gasteiger charge is -2.24. The number of aliphatic hydroxyl groups is 1. The van der Waals surface area contributed by atoms with Crippen molar-refractivity contribution in [1.82, 2.24) is 0 Å². The minimum atomic E-state index is -5.11. The Morgan fingerprint density at radius 2 is 2.00 bits per heavy atom. The van der Waals surface area contributed by atoms with Crippen LogP contribution in [0.25, 0.3) is 0 Å². The van der Waals surface area contributed by atoms with Crippen LogP contribution >= 0.6 is 11.6 Å². The van der Waals surface area contributed by atoms with Crippen LogP contribution in [-0.4, -0.2) is 17.3 Å². The summed E-state index contributed by atoms with van der Waals surface area (Å²) in [4.78, 5) is 11.1. The number of carbonyl (C=O) groups excluding carboxylic acids is 1. The monoisotopic (exact) mass is 252 g/mol. The Bertz CT molecular complexity index is 472. The number of alkyl halides is 3. The molecule has 0 aliphatic carbocycles. The molecule has 0 fully saturated rings. The van der Waals surface area contributed by atoms with E-state index in [2.05, 4.69) is 4.74 Å². The van der Waals surface area contributed by atoms with E-state index < -0.39 is 23.5 Å². The minimum Gasteiger partial charge on any atom is -0.415 e. The predicted molar refractivity (Wildman–Crippen MR) is 46.8 cm³/mol. The number of cyclic esters (lactones) is 1. The van der Waals surface area contributed by atoms with Crippen molar-refractivity contribution in [3.63, 3.8) is 0 Å². The molecule has 0 radical (unpaired) electrons. The van der Waals surface area contributed by atoms with Crippen molar-refractivity contribution in [1.29, 1.82) is 0 Å². The number of ether oxygens (including phenoxy) is 1. The third kappa shape index (κ3) is 1.37. The van der Waals surface area contributed by atoms with Crippen molar-refractivity contribution in [3.8, 4) is 0 Å². The predicted octanol–water partition coefficient (Wildman–Crippen LogP) is 2.22. The molecule has 1 heterocycles. The van der Waals surface area contributed by atoms with E-state index in [0.29, 0.717) is 0 Å². The fraction of sp³-hybridized carbons (Fsp3) is 0.222. The molecule has 1 aromatic carbocycles. The molecule has 16 heavy (non-hydrogen) atoms. The van der Waals surface area contributed by atoms with Crippen LogP contribution in [-0.2, 0) is 10.5 Å². The molecule has 0 unspecified atom stereocenters. The molecule has 86 valence electrons. The Hall–Kier alpha value is -1.27. The average Bonchev–Trinajstić information content (AvgIpc) is 2.39. The molecule has 3 nitrogen and oxygen atoms in total. The SMILES string of the molecule is O=C1O[C@](O)(C(F)(F)F)c2cc(Cl)ccc21. The summed E-state index contributed by atoms with van der Waals surface area (Å²) in [5.41, 5.74) is -1.03. The molecule has 2 rings (SSSR count). The van der Waals surface area contributed by atoms with Gasteiger partial charge in [-0.25, -0.2) is 4.79 Å². The van der Waals surface area contributed by atoms with Gasteiger partial charge in [0.2, 0.25) is 0 Å². The molecule has 0 saturated carbocycles. The summed E-state index contributed by atoms with van der Waals surface area (Å²) in [5.74, 6) is -4.84. The minimum absolute atomic E-state index is 0.0280. The van der Waals surface area contributed by atoms with Crippen molar-refractivity contribution in [2.24, 2.45) is 0 Å². The highest BCUT2D eigenvalue weighted by Gasteiger charge is 2.63. The smallest absolute Gasteiger partial charge is 0.415 e. The van der Waals surface area contributed by atoms with Crippen LogP contribution in [0.3, 0.4) is 0 Å². The molecule has 0 aromatic heterocycles. The van der Waals surface area contributed by atoms with Gasteiger partial charge in [0.1, 0.15) is 0 Å². The fourth-order valence-electron chi connectivity index (χ4n) is 1.43. The van der Waals surface area contributed by atoms with Crippen LogP contribution in [0, 0.1) is 0 Å². The van der Waals surface area contributed by atoms with Crippen LogP contribution in [0.2, 0.25) is 5.02 Å². The molecule has 0 spiro atoms. The van der Waals surface area contributed by atoms with Crippen LogP contribution in [0.1, 0.15) is 15.9 Å². The van der Waals surface area contributed by atoms with Crippen molar-refractivity contribution in [2.45, 2.75) is 12.0 Å². The first-order valence-corrected chi connectivity index (χ1v) is 4.46. The van der Waals surface area contributed by atoms with Crippen LogP contribution in [0.15, 0.2) is 18.2 Å². The highest BCUT2D eigenvalue weighted by molar-refractivity contribution is 6.30. The van der Waals surface area contributed by atoms with E-state index in [1.54, 1.807) is 0 Å². The first-order valence-electron chi connectivity index (χ1n) is 4.08. The van der Waals surface area contributed by atoms with Crippen molar-refractivity contribution in [3.05, 3.63) is 34.3 Å². The number of rotatable bonds is 0. The maximum absolute atomic E-state index is 12.6. The third-order valence-corrected chi connectivity index (χ3v) is 2.43. The Labute approximate surface area is 92.4 Å². The quantitative estimate of drug-likeness (QED) is 0.720. The molecule has 0 amide bonds. The molecular formula is C9H4ClF3O3. The standard InChI is InChI=1S/C9H4ClF3O3/c10-4-1-2-5-6(3-4)8(15,9(11,12)13)16-7(5)14/h1-3,15H/t8-/m0/s1. The lowest BCUT2D eigenvalue weighted by molar-refractivity contribution is -0.349. The van der Waals surface area contributed by atoms with Crippen LogP contribution in [0.5, 0.6) is 0 Å². The van der Waals surface area contributed by atoms with Gasteiger partial charge in [-0.05, 0) is 18.2 Å². The van der Waals surface area contributed by atoms with Gasteiger partial charge in [-0.2, -0.15) is 13.2 Å². The highest BCUT2D eigenvalue weighted by atomic mass is 35.5. The second-order valence-corrected chi connectivity index (χ2v) is 3.66. The Morgan fingerprint density at radius 3 is 2.56 bits per heavy atom. The summed E-state index contributed by atoms with van der Waals surface area (Å²) in [6.45, 7) is 0. The van der Waals surface area contributed by atoms with E-state index in [1.165, 1.54) is 6.07 Å². The number of halogens is 4. The highest BCUT2D eigenvalue weighted by Crippen LogP contribution is 2.46. The van der Waals surface area contributed by atoms with E-state index in [1.807, 2.05) is 0 Å². The molecule has 1 aromatic rings. The second kappa shape index (κ2) is 3.11. The summed E-state index contributed by atoms with van der Waals surface area (Å²) >= 11 is 5.50. The number of hydrogen-bond donors (Lipinski definition) is 1. The van der Waals surface area contributed by atoms with E-state index >= 15 is 0 Å². The molecule has 1 atom stereocenters.